The van der Waals surface area contributed by atoms with Gasteiger partial charge in [-0.25, -0.2) is 0 Å². The number of aryl methyl sites for hydroxylation is 1. The Kier molecular flexibility index (Phi) is 9.29. The number of carbonyl (C=O) groups is 3. The number of para-hydroxylation sites is 1. The van der Waals surface area contributed by atoms with Crippen LogP contribution in [0.3, 0.4) is 0 Å². The zero-order valence-corrected chi connectivity index (χ0v) is 15.4. The monoisotopic (exact) mass is 347 g/mol. The van der Waals surface area contributed by atoms with Gasteiger partial charge in [0, 0.05) is 32.6 Å². The predicted molar refractivity (Wildman–Crippen MR) is 99.2 cm³/mol. The summed E-state index contributed by atoms with van der Waals surface area (Å²) in [4.78, 5) is 36.4. The van der Waals surface area contributed by atoms with Gasteiger partial charge < -0.3 is 15.5 Å². The van der Waals surface area contributed by atoms with Gasteiger partial charge >= 0.3 is 0 Å². The largest absolute Gasteiger partial charge is 0.356 e. The fourth-order valence-corrected chi connectivity index (χ4v) is 2.48. The lowest BCUT2D eigenvalue weighted by Crippen LogP contribution is -2.35. The maximum absolute atomic E-state index is 12.1. The summed E-state index contributed by atoms with van der Waals surface area (Å²) in [6, 6.07) is 7.67. The SMILES string of the molecule is CCc1ccccc1NC(=O)CN(C)C(=O)CCCCCNC(C)=O. The van der Waals surface area contributed by atoms with Gasteiger partial charge in [0.1, 0.15) is 0 Å². The molecule has 0 saturated carbocycles. The molecule has 6 nitrogen and oxygen atoms in total. The number of amides is 3. The van der Waals surface area contributed by atoms with Gasteiger partial charge in [-0.15, -0.1) is 0 Å². The average Bonchev–Trinajstić information content (AvgIpc) is 2.57. The van der Waals surface area contributed by atoms with Crippen molar-refractivity contribution in [3.05, 3.63) is 29.8 Å². The first kappa shape index (κ1) is 20.7. The number of likely N-dealkylation sites (N-methyl/N-ethyl adjacent to an activating group) is 1. The minimum absolute atomic E-state index is 0.0357. The average molecular weight is 347 g/mol. The van der Waals surface area contributed by atoms with Gasteiger partial charge in [-0.2, -0.15) is 0 Å². The molecule has 6 heteroatoms. The molecular weight excluding hydrogens is 318 g/mol. The van der Waals surface area contributed by atoms with Gasteiger partial charge in [-0.05, 0) is 30.9 Å². The highest BCUT2D eigenvalue weighted by atomic mass is 16.2. The number of hydrogen-bond donors (Lipinski definition) is 2. The summed E-state index contributed by atoms with van der Waals surface area (Å²) in [7, 11) is 1.64. The van der Waals surface area contributed by atoms with Gasteiger partial charge in [-0.1, -0.05) is 31.5 Å². The number of carbonyl (C=O) groups excluding carboxylic acids is 3. The highest BCUT2D eigenvalue weighted by molar-refractivity contribution is 5.95. The van der Waals surface area contributed by atoms with Crippen LogP contribution in [0.25, 0.3) is 0 Å². The fraction of sp³-hybridized carbons (Fsp3) is 0.526. The molecule has 0 bridgehead atoms. The van der Waals surface area contributed by atoms with Crippen molar-refractivity contribution in [3.63, 3.8) is 0 Å². The number of rotatable bonds is 10. The fourth-order valence-electron chi connectivity index (χ4n) is 2.48. The standard InChI is InChI=1S/C19H29N3O3/c1-4-16-10-7-8-11-17(16)21-18(24)14-22(3)19(25)12-6-5-9-13-20-15(2)23/h7-8,10-11H,4-6,9,12-14H2,1-3H3,(H,20,23)(H,21,24). The van der Waals surface area contributed by atoms with Gasteiger partial charge in [0.15, 0.2) is 0 Å². The molecule has 0 unspecified atom stereocenters. The van der Waals surface area contributed by atoms with Crippen LogP contribution in [-0.2, 0) is 20.8 Å². The van der Waals surface area contributed by atoms with E-state index in [2.05, 4.69) is 10.6 Å². The van der Waals surface area contributed by atoms with Crippen molar-refractivity contribution < 1.29 is 14.4 Å². The number of benzene rings is 1. The van der Waals surface area contributed by atoms with Crippen LogP contribution in [0.4, 0.5) is 5.69 Å². The Hall–Kier alpha value is -2.37. The summed E-state index contributed by atoms with van der Waals surface area (Å²) in [5.41, 5.74) is 1.87. The van der Waals surface area contributed by atoms with Crippen LogP contribution in [-0.4, -0.2) is 42.8 Å². The van der Waals surface area contributed by atoms with E-state index < -0.39 is 0 Å². The molecule has 0 atom stereocenters. The molecule has 0 saturated heterocycles. The van der Waals surface area contributed by atoms with Crippen molar-refractivity contribution in [1.29, 1.82) is 0 Å². The summed E-state index contributed by atoms with van der Waals surface area (Å²) in [5, 5.41) is 5.60. The summed E-state index contributed by atoms with van der Waals surface area (Å²) in [6.07, 6.45) is 3.73. The van der Waals surface area contributed by atoms with E-state index in [1.807, 2.05) is 31.2 Å². The van der Waals surface area contributed by atoms with Gasteiger partial charge in [0.25, 0.3) is 0 Å². The van der Waals surface area contributed by atoms with E-state index in [1.165, 1.54) is 11.8 Å². The first-order valence-electron chi connectivity index (χ1n) is 8.80. The molecule has 1 aromatic rings. The molecule has 0 aliphatic rings. The lowest BCUT2D eigenvalue weighted by Gasteiger charge is -2.17. The topological polar surface area (TPSA) is 78.5 Å². The number of hydrogen-bond acceptors (Lipinski definition) is 3. The van der Waals surface area contributed by atoms with Crippen molar-refractivity contribution in [2.75, 3.05) is 25.5 Å². The highest BCUT2D eigenvalue weighted by Gasteiger charge is 2.13. The predicted octanol–water partition coefficient (Wildman–Crippen LogP) is 2.34. The number of nitrogens with zero attached hydrogens (tertiary/aromatic N) is 1. The molecule has 0 aromatic heterocycles. The molecule has 0 spiro atoms. The second-order valence-electron chi connectivity index (χ2n) is 6.10. The molecule has 0 heterocycles. The third-order valence-corrected chi connectivity index (χ3v) is 3.92. The van der Waals surface area contributed by atoms with E-state index in [0.29, 0.717) is 13.0 Å². The normalized spacial score (nSPS) is 10.2. The molecule has 2 N–H and O–H groups in total. The van der Waals surface area contributed by atoms with Crippen molar-refractivity contribution in [2.45, 2.75) is 46.0 Å². The molecule has 3 amide bonds. The Morgan fingerprint density at radius 1 is 1.08 bits per heavy atom. The van der Waals surface area contributed by atoms with Crippen LogP contribution in [0.1, 0.15) is 45.1 Å². The molecule has 1 rings (SSSR count). The van der Waals surface area contributed by atoms with Crippen molar-refractivity contribution in [3.8, 4) is 0 Å². The number of nitrogens with one attached hydrogen (secondary N) is 2. The van der Waals surface area contributed by atoms with Crippen molar-refractivity contribution in [1.82, 2.24) is 10.2 Å². The molecular formula is C19H29N3O3. The van der Waals surface area contributed by atoms with Crippen LogP contribution in [0, 0.1) is 0 Å². The molecule has 1 aromatic carbocycles. The lowest BCUT2D eigenvalue weighted by atomic mass is 10.1. The Morgan fingerprint density at radius 2 is 1.80 bits per heavy atom. The van der Waals surface area contributed by atoms with E-state index >= 15 is 0 Å². The van der Waals surface area contributed by atoms with Crippen LogP contribution in [0.5, 0.6) is 0 Å². The minimum Gasteiger partial charge on any atom is -0.356 e. The Morgan fingerprint density at radius 3 is 2.48 bits per heavy atom. The summed E-state index contributed by atoms with van der Waals surface area (Å²) >= 11 is 0. The second-order valence-corrected chi connectivity index (χ2v) is 6.10. The minimum atomic E-state index is -0.192. The van der Waals surface area contributed by atoms with E-state index in [4.69, 9.17) is 0 Å². The first-order chi connectivity index (χ1) is 11.9. The molecule has 25 heavy (non-hydrogen) atoms. The zero-order chi connectivity index (χ0) is 18.7. The van der Waals surface area contributed by atoms with E-state index in [9.17, 15) is 14.4 Å². The highest BCUT2D eigenvalue weighted by Crippen LogP contribution is 2.15. The van der Waals surface area contributed by atoms with Crippen molar-refractivity contribution in [2.24, 2.45) is 0 Å². The maximum atomic E-state index is 12.1. The number of unbranched alkanes of at least 4 members (excludes halogenated alkanes) is 2. The summed E-state index contributed by atoms with van der Waals surface area (Å²) in [6.45, 7) is 4.20. The molecule has 138 valence electrons. The molecule has 0 fully saturated rings. The van der Waals surface area contributed by atoms with Gasteiger partial charge in [0.05, 0.1) is 6.54 Å². The van der Waals surface area contributed by atoms with E-state index in [-0.39, 0.29) is 24.3 Å². The van der Waals surface area contributed by atoms with E-state index in [0.717, 1.165) is 36.9 Å². The van der Waals surface area contributed by atoms with Crippen molar-refractivity contribution >= 4 is 23.4 Å². The maximum Gasteiger partial charge on any atom is 0.243 e. The van der Waals surface area contributed by atoms with Crippen LogP contribution in [0.2, 0.25) is 0 Å². The third kappa shape index (κ3) is 8.33. The quantitative estimate of drug-likeness (QED) is 0.638. The second kappa shape index (κ2) is 11.2. The van der Waals surface area contributed by atoms with Crippen LogP contribution < -0.4 is 10.6 Å². The Bertz CT molecular complexity index is 587. The molecule has 0 aliphatic heterocycles. The lowest BCUT2D eigenvalue weighted by molar-refractivity contribution is -0.133. The smallest absolute Gasteiger partial charge is 0.243 e. The number of anilines is 1. The third-order valence-electron chi connectivity index (χ3n) is 3.92. The van der Waals surface area contributed by atoms with Crippen LogP contribution in [0.15, 0.2) is 24.3 Å². The Labute approximate surface area is 150 Å². The van der Waals surface area contributed by atoms with Gasteiger partial charge in [-0.3, -0.25) is 14.4 Å². The molecule has 0 aliphatic carbocycles. The summed E-state index contributed by atoms with van der Waals surface area (Å²) in [5.74, 6) is -0.271. The Balaban J connectivity index is 2.29. The molecule has 0 radical (unpaired) electrons. The first-order valence-corrected chi connectivity index (χ1v) is 8.80. The van der Waals surface area contributed by atoms with Crippen LogP contribution >= 0.6 is 0 Å². The van der Waals surface area contributed by atoms with E-state index in [1.54, 1.807) is 7.05 Å². The zero-order valence-electron chi connectivity index (χ0n) is 15.4. The van der Waals surface area contributed by atoms with Gasteiger partial charge in [0.2, 0.25) is 17.7 Å². The summed E-state index contributed by atoms with van der Waals surface area (Å²) < 4.78 is 0.